The Morgan fingerprint density at radius 1 is 1.04 bits per heavy atom. The SMILES string of the molecule is Cc1oc(-c2ccc(Cl)c(Cl)c2)cc1C(=O)Nc1ccc([N+](=O)[O-])cc1Cl. The molecule has 1 heterocycles. The number of benzene rings is 2. The fourth-order valence-corrected chi connectivity index (χ4v) is 2.93. The van der Waals surface area contributed by atoms with Gasteiger partial charge in [-0.3, -0.25) is 14.9 Å². The summed E-state index contributed by atoms with van der Waals surface area (Å²) in [5, 5.41) is 14.2. The fraction of sp³-hybridized carbons (Fsp3) is 0.0556. The van der Waals surface area contributed by atoms with Gasteiger partial charge in [0.15, 0.2) is 0 Å². The fourth-order valence-electron chi connectivity index (χ4n) is 2.41. The van der Waals surface area contributed by atoms with Crippen molar-refractivity contribution >= 4 is 52.1 Å². The van der Waals surface area contributed by atoms with Crippen LogP contribution in [0.15, 0.2) is 46.9 Å². The first-order valence-corrected chi connectivity index (χ1v) is 8.71. The van der Waals surface area contributed by atoms with Crippen molar-refractivity contribution in [3.63, 3.8) is 0 Å². The molecule has 1 aromatic heterocycles. The van der Waals surface area contributed by atoms with Crippen LogP contribution in [-0.4, -0.2) is 10.8 Å². The van der Waals surface area contributed by atoms with Crippen molar-refractivity contribution in [2.45, 2.75) is 6.92 Å². The zero-order valence-corrected chi connectivity index (χ0v) is 16.0. The lowest BCUT2D eigenvalue weighted by molar-refractivity contribution is -0.384. The van der Waals surface area contributed by atoms with Gasteiger partial charge in [-0.2, -0.15) is 0 Å². The second kappa shape index (κ2) is 7.60. The van der Waals surface area contributed by atoms with E-state index < -0.39 is 10.8 Å². The minimum absolute atomic E-state index is 0.0587. The third kappa shape index (κ3) is 4.08. The molecule has 3 rings (SSSR count). The van der Waals surface area contributed by atoms with Crippen molar-refractivity contribution < 1.29 is 14.1 Å². The topological polar surface area (TPSA) is 85.4 Å². The van der Waals surface area contributed by atoms with E-state index in [9.17, 15) is 14.9 Å². The van der Waals surface area contributed by atoms with Gasteiger partial charge >= 0.3 is 0 Å². The van der Waals surface area contributed by atoms with Crippen LogP contribution in [0.5, 0.6) is 0 Å². The Morgan fingerprint density at radius 2 is 1.78 bits per heavy atom. The largest absolute Gasteiger partial charge is 0.461 e. The Hall–Kier alpha value is -2.54. The standard InChI is InChI=1S/C18H11Cl3N2O4/c1-9-12(8-17(27-9)10-2-4-13(19)14(20)6-10)18(24)22-16-5-3-11(23(25)26)7-15(16)21/h2-8H,1H3,(H,22,24). The van der Waals surface area contributed by atoms with E-state index in [1.165, 1.54) is 18.2 Å². The van der Waals surface area contributed by atoms with Gasteiger partial charge in [-0.15, -0.1) is 0 Å². The molecule has 0 unspecified atom stereocenters. The maximum atomic E-state index is 12.6. The number of hydrogen-bond acceptors (Lipinski definition) is 4. The number of carbonyl (C=O) groups is 1. The number of nitrogens with zero attached hydrogens (tertiary/aromatic N) is 1. The van der Waals surface area contributed by atoms with E-state index >= 15 is 0 Å². The van der Waals surface area contributed by atoms with E-state index in [1.807, 2.05) is 0 Å². The summed E-state index contributed by atoms with van der Waals surface area (Å²) >= 11 is 17.9. The third-order valence-electron chi connectivity index (χ3n) is 3.78. The second-order valence-electron chi connectivity index (χ2n) is 5.58. The van der Waals surface area contributed by atoms with Crippen LogP contribution < -0.4 is 5.32 Å². The number of nitrogens with one attached hydrogen (secondary N) is 1. The maximum absolute atomic E-state index is 12.6. The monoisotopic (exact) mass is 424 g/mol. The average molecular weight is 426 g/mol. The minimum Gasteiger partial charge on any atom is -0.461 e. The Kier molecular flexibility index (Phi) is 5.41. The summed E-state index contributed by atoms with van der Waals surface area (Å²) in [4.78, 5) is 22.8. The lowest BCUT2D eigenvalue weighted by Crippen LogP contribution is -2.12. The van der Waals surface area contributed by atoms with Gasteiger partial charge in [0, 0.05) is 17.7 Å². The van der Waals surface area contributed by atoms with Crippen LogP contribution in [0.3, 0.4) is 0 Å². The number of furan rings is 1. The molecule has 9 heteroatoms. The quantitative estimate of drug-likeness (QED) is 0.388. The predicted molar refractivity (Wildman–Crippen MR) is 105 cm³/mol. The highest BCUT2D eigenvalue weighted by Gasteiger charge is 2.18. The molecule has 1 amide bonds. The van der Waals surface area contributed by atoms with Gasteiger partial charge in [-0.25, -0.2) is 0 Å². The smallest absolute Gasteiger partial charge is 0.271 e. The van der Waals surface area contributed by atoms with Gasteiger partial charge in [0.1, 0.15) is 11.5 Å². The molecule has 27 heavy (non-hydrogen) atoms. The Balaban J connectivity index is 1.86. The Bertz CT molecular complexity index is 1060. The highest BCUT2D eigenvalue weighted by Crippen LogP contribution is 2.32. The van der Waals surface area contributed by atoms with Crippen LogP contribution in [0.1, 0.15) is 16.1 Å². The minimum atomic E-state index is -0.568. The average Bonchev–Trinajstić information content (AvgIpc) is 3.00. The van der Waals surface area contributed by atoms with Crippen LogP contribution in [0.4, 0.5) is 11.4 Å². The van der Waals surface area contributed by atoms with Gasteiger partial charge in [0.25, 0.3) is 11.6 Å². The van der Waals surface area contributed by atoms with Crippen molar-refractivity contribution in [1.82, 2.24) is 0 Å². The first-order chi connectivity index (χ1) is 12.8. The molecule has 0 saturated carbocycles. The molecule has 0 aliphatic carbocycles. The van der Waals surface area contributed by atoms with Gasteiger partial charge < -0.3 is 9.73 Å². The van der Waals surface area contributed by atoms with Crippen molar-refractivity contribution in [3.8, 4) is 11.3 Å². The summed E-state index contributed by atoms with van der Waals surface area (Å²) in [5.41, 5.74) is 1.05. The molecule has 138 valence electrons. The van der Waals surface area contributed by atoms with E-state index in [2.05, 4.69) is 5.32 Å². The van der Waals surface area contributed by atoms with Crippen LogP contribution >= 0.6 is 34.8 Å². The lowest BCUT2D eigenvalue weighted by atomic mass is 10.1. The van der Waals surface area contributed by atoms with Gasteiger partial charge in [0.05, 0.1) is 31.2 Å². The first-order valence-electron chi connectivity index (χ1n) is 7.57. The number of hydrogen-bond donors (Lipinski definition) is 1. The van der Waals surface area contributed by atoms with Crippen LogP contribution in [0, 0.1) is 17.0 Å². The van der Waals surface area contributed by atoms with Gasteiger partial charge in [-0.05, 0) is 37.3 Å². The molecule has 0 aliphatic heterocycles. The second-order valence-corrected chi connectivity index (χ2v) is 6.81. The molecular formula is C18H11Cl3N2O4. The van der Waals surface area contributed by atoms with E-state index in [4.69, 9.17) is 39.2 Å². The number of rotatable bonds is 4. The van der Waals surface area contributed by atoms with Crippen LogP contribution in [0.2, 0.25) is 15.1 Å². The molecule has 0 aliphatic rings. The summed E-state index contributed by atoms with van der Waals surface area (Å²) in [6.07, 6.45) is 0. The van der Waals surface area contributed by atoms with Gasteiger partial charge in [0.2, 0.25) is 0 Å². The zero-order chi connectivity index (χ0) is 19.7. The molecule has 0 fully saturated rings. The number of anilines is 1. The Morgan fingerprint density at radius 3 is 2.41 bits per heavy atom. The number of amides is 1. The molecular weight excluding hydrogens is 415 g/mol. The summed E-state index contributed by atoms with van der Waals surface area (Å²) in [6.45, 7) is 1.65. The van der Waals surface area contributed by atoms with E-state index in [0.29, 0.717) is 32.7 Å². The van der Waals surface area contributed by atoms with Crippen LogP contribution in [0.25, 0.3) is 11.3 Å². The third-order valence-corrected chi connectivity index (χ3v) is 4.83. The molecule has 0 radical (unpaired) electrons. The lowest BCUT2D eigenvalue weighted by Gasteiger charge is -2.06. The summed E-state index contributed by atoms with van der Waals surface area (Å²) in [5.74, 6) is 0.385. The molecule has 0 saturated heterocycles. The van der Waals surface area contributed by atoms with Crippen molar-refractivity contribution in [2.24, 2.45) is 0 Å². The highest BCUT2D eigenvalue weighted by molar-refractivity contribution is 6.42. The number of halogens is 3. The summed E-state index contributed by atoms with van der Waals surface area (Å²) in [6, 6.07) is 10.4. The van der Waals surface area contributed by atoms with Crippen molar-refractivity contribution in [1.29, 1.82) is 0 Å². The van der Waals surface area contributed by atoms with Crippen LogP contribution in [-0.2, 0) is 0 Å². The summed E-state index contributed by atoms with van der Waals surface area (Å²) < 4.78 is 5.65. The maximum Gasteiger partial charge on any atom is 0.271 e. The molecule has 3 aromatic rings. The molecule has 0 spiro atoms. The number of aryl methyl sites for hydroxylation is 1. The predicted octanol–water partition coefficient (Wildman–Crippen LogP) is 6.38. The molecule has 2 aromatic carbocycles. The normalized spacial score (nSPS) is 10.7. The number of carbonyl (C=O) groups excluding carboxylic acids is 1. The van der Waals surface area contributed by atoms with E-state index in [1.54, 1.807) is 31.2 Å². The van der Waals surface area contributed by atoms with Crippen molar-refractivity contribution in [2.75, 3.05) is 5.32 Å². The highest BCUT2D eigenvalue weighted by atomic mass is 35.5. The van der Waals surface area contributed by atoms with Crippen molar-refractivity contribution in [3.05, 3.63) is 79.0 Å². The molecule has 1 N–H and O–H groups in total. The van der Waals surface area contributed by atoms with Gasteiger partial charge in [-0.1, -0.05) is 34.8 Å². The molecule has 0 bridgehead atoms. The number of nitro groups is 1. The molecule has 0 atom stereocenters. The first kappa shape index (κ1) is 19.2. The zero-order valence-electron chi connectivity index (χ0n) is 13.8. The molecule has 6 nitrogen and oxygen atoms in total. The van der Waals surface area contributed by atoms with E-state index in [-0.39, 0.29) is 16.4 Å². The van der Waals surface area contributed by atoms with E-state index in [0.717, 1.165) is 0 Å². The summed E-state index contributed by atoms with van der Waals surface area (Å²) in [7, 11) is 0. The number of non-ortho nitro benzene ring substituents is 1. The number of nitro benzene ring substituents is 1. The Labute approximate surface area is 168 Å².